The molecule has 2 atom stereocenters. The molecule has 2 unspecified atom stereocenters. The standard InChI is InChI=1S/C9H13F3N2S/c1-5(6(2)13)7-4-15-8(14-7)3-9(10,11)12/h4-6H,3,13H2,1-2H3. The van der Waals surface area contributed by atoms with E-state index >= 15 is 0 Å². The Labute approximate surface area is 90.3 Å². The van der Waals surface area contributed by atoms with Crippen molar-refractivity contribution in [2.24, 2.45) is 5.73 Å². The number of thiazole rings is 1. The number of nitrogens with zero attached hydrogens (tertiary/aromatic N) is 1. The second kappa shape index (κ2) is 4.49. The van der Waals surface area contributed by atoms with Gasteiger partial charge in [-0.1, -0.05) is 6.92 Å². The second-order valence-corrected chi connectivity index (χ2v) is 4.55. The largest absolute Gasteiger partial charge is 0.395 e. The smallest absolute Gasteiger partial charge is 0.327 e. The van der Waals surface area contributed by atoms with E-state index in [1.54, 1.807) is 5.38 Å². The normalized spacial score (nSPS) is 16.4. The molecule has 0 aliphatic heterocycles. The van der Waals surface area contributed by atoms with Crippen molar-refractivity contribution in [2.75, 3.05) is 0 Å². The molecule has 0 fully saturated rings. The summed E-state index contributed by atoms with van der Waals surface area (Å²) < 4.78 is 36.2. The van der Waals surface area contributed by atoms with Gasteiger partial charge < -0.3 is 5.73 Å². The summed E-state index contributed by atoms with van der Waals surface area (Å²) >= 11 is 1.04. The van der Waals surface area contributed by atoms with Crippen molar-refractivity contribution in [1.29, 1.82) is 0 Å². The first-order valence-corrected chi connectivity index (χ1v) is 5.44. The third-order valence-corrected chi connectivity index (χ3v) is 3.04. The number of hydrogen-bond acceptors (Lipinski definition) is 3. The van der Waals surface area contributed by atoms with E-state index in [4.69, 9.17) is 5.73 Å². The van der Waals surface area contributed by atoms with E-state index in [2.05, 4.69) is 4.98 Å². The first-order chi connectivity index (χ1) is 6.79. The van der Waals surface area contributed by atoms with Gasteiger partial charge in [-0.05, 0) is 6.92 Å². The van der Waals surface area contributed by atoms with Crippen molar-refractivity contribution in [3.63, 3.8) is 0 Å². The predicted molar refractivity (Wildman–Crippen MR) is 53.9 cm³/mol. The summed E-state index contributed by atoms with van der Waals surface area (Å²) in [6, 6.07) is -0.106. The van der Waals surface area contributed by atoms with Gasteiger partial charge in [0.05, 0.1) is 12.1 Å². The molecule has 15 heavy (non-hydrogen) atoms. The van der Waals surface area contributed by atoms with Crippen LogP contribution in [-0.2, 0) is 6.42 Å². The fourth-order valence-corrected chi connectivity index (χ4v) is 1.99. The summed E-state index contributed by atoms with van der Waals surface area (Å²) in [6.07, 6.45) is -5.14. The Bertz CT molecular complexity index is 319. The number of halogens is 3. The van der Waals surface area contributed by atoms with Crippen LogP contribution in [0.2, 0.25) is 0 Å². The van der Waals surface area contributed by atoms with Crippen LogP contribution in [0.4, 0.5) is 13.2 Å². The topological polar surface area (TPSA) is 38.9 Å². The fourth-order valence-electron chi connectivity index (χ4n) is 1.06. The van der Waals surface area contributed by atoms with Crippen LogP contribution in [0.3, 0.4) is 0 Å². The molecule has 0 saturated carbocycles. The highest BCUT2D eigenvalue weighted by atomic mass is 32.1. The minimum atomic E-state index is -4.19. The summed E-state index contributed by atoms with van der Waals surface area (Å²) in [5, 5.41) is 1.75. The number of nitrogens with two attached hydrogens (primary N) is 1. The van der Waals surface area contributed by atoms with Crippen LogP contribution in [0.25, 0.3) is 0 Å². The van der Waals surface area contributed by atoms with Gasteiger partial charge in [-0.2, -0.15) is 13.2 Å². The lowest BCUT2D eigenvalue weighted by Gasteiger charge is -2.12. The zero-order valence-electron chi connectivity index (χ0n) is 8.51. The van der Waals surface area contributed by atoms with Crippen molar-refractivity contribution in [3.05, 3.63) is 16.1 Å². The van der Waals surface area contributed by atoms with Gasteiger partial charge in [0.15, 0.2) is 0 Å². The van der Waals surface area contributed by atoms with E-state index in [0.29, 0.717) is 5.69 Å². The highest BCUT2D eigenvalue weighted by molar-refractivity contribution is 7.09. The van der Waals surface area contributed by atoms with Crippen molar-refractivity contribution < 1.29 is 13.2 Å². The minimum Gasteiger partial charge on any atom is -0.327 e. The van der Waals surface area contributed by atoms with Gasteiger partial charge in [-0.25, -0.2) is 4.98 Å². The SMILES string of the molecule is CC(N)C(C)c1csc(CC(F)(F)F)n1. The maximum Gasteiger partial charge on any atom is 0.395 e. The predicted octanol–water partition coefficient (Wildman–Crippen LogP) is 2.70. The molecule has 1 rings (SSSR count). The molecule has 86 valence electrons. The maximum atomic E-state index is 12.1. The van der Waals surface area contributed by atoms with E-state index in [-0.39, 0.29) is 17.0 Å². The number of alkyl halides is 3. The lowest BCUT2D eigenvalue weighted by molar-refractivity contribution is -0.127. The van der Waals surface area contributed by atoms with Crippen molar-refractivity contribution in [2.45, 2.75) is 38.4 Å². The number of hydrogen-bond donors (Lipinski definition) is 1. The molecular weight excluding hydrogens is 225 g/mol. The molecule has 0 bridgehead atoms. The fraction of sp³-hybridized carbons (Fsp3) is 0.667. The van der Waals surface area contributed by atoms with Crippen molar-refractivity contribution >= 4 is 11.3 Å². The van der Waals surface area contributed by atoms with Crippen LogP contribution in [0.1, 0.15) is 30.5 Å². The first kappa shape index (κ1) is 12.4. The van der Waals surface area contributed by atoms with Gasteiger partial charge in [0.2, 0.25) is 0 Å². The highest BCUT2D eigenvalue weighted by Gasteiger charge is 2.29. The van der Waals surface area contributed by atoms with Gasteiger partial charge in [0.1, 0.15) is 5.01 Å². The molecule has 1 aromatic heterocycles. The van der Waals surface area contributed by atoms with E-state index in [9.17, 15) is 13.2 Å². The lowest BCUT2D eigenvalue weighted by atomic mass is 10.0. The Morgan fingerprint density at radius 3 is 2.53 bits per heavy atom. The maximum absolute atomic E-state index is 12.1. The zero-order valence-corrected chi connectivity index (χ0v) is 9.32. The molecule has 0 aliphatic carbocycles. The first-order valence-electron chi connectivity index (χ1n) is 4.56. The molecule has 0 spiro atoms. The Morgan fingerprint density at radius 2 is 2.07 bits per heavy atom. The van der Waals surface area contributed by atoms with Crippen LogP contribution < -0.4 is 5.73 Å². The molecule has 0 aromatic carbocycles. The lowest BCUT2D eigenvalue weighted by Crippen LogP contribution is -2.22. The average molecular weight is 238 g/mol. The van der Waals surface area contributed by atoms with Gasteiger partial charge >= 0.3 is 6.18 Å². The monoisotopic (exact) mass is 238 g/mol. The minimum absolute atomic E-state index is 0.0109. The third kappa shape index (κ3) is 3.79. The molecule has 0 aliphatic rings. The van der Waals surface area contributed by atoms with Crippen molar-refractivity contribution in [1.82, 2.24) is 4.98 Å². The average Bonchev–Trinajstić information content (AvgIpc) is 2.48. The summed E-state index contributed by atoms with van der Waals surface area (Å²) in [5.41, 5.74) is 6.29. The van der Waals surface area contributed by atoms with E-state index < -0.39 is 12.6 Å². The summed E-state index contributed by atoms with van der Waals surface area (Å²) in [6.45, 7) is 3.67. The molecule has 6 heteroatoms. The zero-order chi connectivity index (χ0) is 11.6. The number of rotatable bonds is 3. The second-order valence-electron chi connectivity index (χ2n) is 3.61. The van der Waals surface area contributed by atoms with Crippen LogP contribution in [-0.4, -0.2) is 17.2 Å². The molecule has 1 aromatic rings. The van der Waals surface area contributed by atoms with Crippen LogP contribution in [0.5, 0.6) is 0 Å². The van der Waals surface area contributed by atoms with Gasteiger partial charge in [0.25, 0.3) is 0 Å². The van der Waals surface area contributed by atoms with E-state index in [1.165, 1.54) is 0 Å². The van der Waals surface area contributed by atoms with Gasteiger partial charge in [0, 0.05) is 17.3 Å². The molecule has 0 amide bonds. The molecule has 2 N–H and O–H groups in total. The molecule has 2 nitrogen and oxygen atoms in total. The summed E-state index contributed by atoms with van der Waals surface area (Å²) in [4.78, 5) is 3.94. The Morgan fingerprint density at radius 1 is 1.47 bits per heavy atom. The van der Waals surface area contributed by atoms with Crippen molar-refractivity contribution in [3.8, 4) is 0 Å². The molecule has 1 heterocycles. The van der Waals surface area contributed by atoms with Crippen LogP contribution in [0.15, 0.2) is 5.38 Å². The quantitative estimate of drug-likeness (QED) is 0.879. The summed E-state index contributed by atoms with van der Waals surface area (Å²) in [5.74, 6) is -0.0109. The van der Waals surface area contributed by atoms with Gasteiger partial charge in [-0.3, -0.25) is 0 Å². The van der Waals surface area contributed by atoms with Crippen LogP contribution in [0, 0.1) is 0 Å². The Kier molecular flexibility index (Phi) is 3.72. The molecule has 0 radical (unpaired) electrons. The molecular formula is C9H13F3N2S. The number of aromatic nitrogens is 1. The summed E-state index contributed by atoms with van der Waals surface area (Å²) in [7, 11) is 0. The van der Waals surface area contributed by atoms with E-state index in [0.717, 1.165) is 11.3 Å². The third-order valence-electron chi connectivity index (χ3n) is 2.18. The van der Waals surface area contributed by atoms with E-state index in [1.807, 2.05) is 13.8 Å². The van der Waals surface area contributed by atoms with Crippen LogP contribution >= 0.6 is 11.3 Å². The Balaban J connectivity index is 2.72. The molecule has 0 saturated heterocycles. The van der Waals surface area contributed by atoms with Gasteiger partial charge in [-0.15, -0.1) is 11.3 Å². The Hall–Kier alpha value is -0.620. The highest BCUT2D eigenvalue weighted by Crippen LogP contribution is 2.26.